The van der Waals surface area contributed by atoms with Gasteiger partial charge in [-0.25, -0.2) is 4.99 Å². The lowest BCUT2D eigenvalue weighted by molar-refractivity contribution is -0.120. The molecule has 0 aromatic heterocycles. The Morgan fingerprint density at radius 3 is 3.27 bits per heavy atom. The van der Waals surface area contributed by atoms with Crippen molar-refractivity contribution >= 4 is 12.1 Å². The van der Waals surface area contributed by atoms with E-state index >= 15 is 0 Å². The summed E-state index contributed by atoms with van der Waals surface area (Å²) in [6.45, 7) is 2.09. The summed E-state index contributed by atoms with van der Waals surface area (Å²) in [6, 6.07) is 0. The van der Waals surface area contributed by atoms with Crippen molar-refractivity contribution in [2.24, 2.45) is 16.8 Å². The third-order valence-corrected chi connectivity index (χ3v) is 2.48. The van der Waals surface area contributed by atoms with Crippen LogP contribution in [0.2, 0.25) is 0 Å². The lowest BCUT2D eigenvalue weighted by Crippen LogP contribution is -2.18. The molecular formula is C9H11NO. The van der Waals surface area contributed by atoms with Crippen molar-refractivity contribution in [1.29, 1.82) is 0 Å². The molecule has 0 saturated carbocycles. The number of carbonyl (C=O) groups excluding carboxylic acids is 1. The topological polar surface area (TPSA) is 29.4 Å². The van der Waals surface area contributed by atoms with Gasteiger partial charge in [0.25, 0.3) is 5.91 Å². The van der Waals surface area contributed by atoms with Gasteiger partial charge in [0.1, 0.15) is 0 Å². The highest BCUT2D eigenvalue weighted by molar-refractivity contribution is 5.96. The van der Waals surface area contributed by atoms with E-state index in [0.29, 0.717) is 5.92 Å². The first kappa shape index (κ1) is 6.77. The van der Waals surface area contributed by atoms with E-state index in [-0.39, 0.29) is 11.8 Å². The van der Waals surface area contributed by atoms with E-state index in [0.717, 1.165) is 12.8 Å². The molecule has 0 bridgehead atoms. The molecule has 58 valence electrons. The number of amides is 1. The number of rotatable bonds is 0. The molecule has 0 N–H and O–H groups in total. The molecule has 2 aliphatic rings. The minimum atomic E-state index is 0.0500. The number of hydrogen-bond acceptors (Lipinski definition) is 1. The molecule has 1 heterocycles. The molecule has 2 heteroatoms. The quantitative estimate of drug-likeness (QED) is 0.481. The van der Waals surface area contributed by atoms with Crippen molar-refractivity contribution in [3.63, 3.8) is 0 Å². The normalized spacial score (nSPS) is 35.4. The van der Waals surface area contributed by atoms with Gasteiger partial charge in [0.2, 0.25) is 0 Å². The molecule has 0 aromatic carbocycles. The Labute approximate surface area is 66.0 Å². The van der Waals surface area contributed by atoms with Crippen molar-refractivity contribution in [3.05, 3.63) is 11.6 Å². The SMILES string of the molecule is CC1=CC2C(=O)N=CC2CC1. The third kappa shape index (κ3) is 1.02. The summed E-state index contributed by atoms with van der Waals surface area (Å²) in [7, 11) is 0. The molecule has 2 nitrogen and oxygen atoms in total. The zero-order chi connectivity index (χ0) is 7.84. The van der Waals surface area contributed by atoms with E-state index in [1.807, 2.05) is 6.21 Å². The van der Waals surface area contributed by atoms with E-state index in [1.165, 1.54) is 5.57 Å². The zero-order valence-corrected chi connectivity index (χ0v) is 6.58. The molecule has 1 aliphatic heterocycles. The Morgan fingerprint density at radius 1 is 1.64 bits per heavy atom. The fraction of sp³-hybridized carbons (Fsp3) is 0.556. The van der Waals surface area contributed by atoms with Crippen LogP contribution in [-0.4, -0.2) is 12.1 Å². The van der Waals surface area contributed by atoms with Crippen LogP contribution in [0.5, 0.6) is 0 Å². The highest BCUT2D eigenvalue weighted by Crippen LogP contribution is 2.31. The summed E-state index contributed by atoms with van der Waals surface area (Å²) in [5, 5.41) is 0. The molecule has 2 atom stereocenters. The fourth-order valence-electron chi connectivity index (χ4n) is 1.76. The average Bonchev–Trinajstić information content (AvgIpc) is 2.33. The number of nitrogens with zero attached hydrogens (tertiary/aromatic N) is 1. The lowest BCUT2D eigenvalue weighted by atomic mass is 9.83. The Kier molecular flexibility index (Phi) is 1.41. The summed E-state index contributed by atoms with van der Waals surface area (Å²) in [4.78, 5) is 14.9. The summed E-state index contributed by atoms with van der Waals surface area (Å²) in [6.07, 6.45) is 6.11. The second-order valence-corrected chi connectivity index (χ2v) is 3.36. The van der Waals surface area contributed by atoms with Crippen LogP contribution in [0, 0.1) is 11.8 Å². The van der Waals surface area contributed by atoms with E-state index in [2.05, 4.69) is 18.0 Å². The lowest BCUT2D eigenvalue weighted by Gasteiger charge is -2.19. The van der Waals surface area contributed by atoms with Crippen LogP contribution in [-0.2, 0) is 4.79 Å². The van der Waals surface area contributed by atoms with Crippen molar-refractivity contribution in [2.75, 3.05) is 0 Å². The monoisotopic (exact) mass is 149 g/mol. The number of fused-ring (bicyclic) bond motifs is 1. The van der Waals surface area contributed by atoms with Crippen LogP contribution in [0.1, 0.15) is 19.8 Å². The summed E-state index contributed by atoms with van der Waals surface area (Å²) >= 11 is 0. The van der Waals surface area contributed by atoms with Crippen LogP contribution in [0.4, 0.5) is 0 Å². The Balaban J connectivity index is 2.28. The maximum atomic E-state index is 11.1. The molecule has 0 saturated heterocycles. The standard InChI is InChI=1S/C9H11NO/c1-6-2-3-7-5-10-9(11)8(7)4-6/h4-5,7-8H,2-3H2,1H3. The van der Waals surface area contributed by atoms with E-state index in [9.17, 15) is 4.79 Å². The second kappa shape index (κ2) is 2.29. The predicted octanol–water partition coefficient (Wildman–Crippen LogP) is 1.57. The summed E-state index contributed by atoms with van der Waals surface area (Å²) in [5.74, 6) is 0.545. The number of carbonyl (C=O) groups is 1. The van der Waals surface area contributed by atoms with Crippen LogP contribution in [0.25, 0.3) is 0 Å². The smallest absolute Gasteiger partial charge is 0.252 e. The number of hydrogen-bond donors (Lipinski definition) is 0. The Morgan fingerprint density at radius 2 is 2.45 bits per heavy atom. The zero-order valence-electron chi connectivity index (χ0n) is 6.58. The maximum Gasteiger partial charge on any atom is 0.252 e. The van der Waals surface area contributed by atoms with E-state index < -0.39 is 0 Å². The minimum absolute atomic E-state index is 0.0500. The van der Waals surface area contributed by atoms with Gasteiger partial charge in [0, 0.05) is 12.1 Å². The van der Waals surface area contributed by atoms with Gasteiger partial charge >= 0.3 is 0 Å². The molecule has 0 spiro atoms. The molecule has 11 heavy (non-hydrogen) atoms. The van der Waals surface area contributed by atoms with Crippen LogP contribution in [0.15, 0.2) is 16.6 Å². The highest BCUT2D eigenvalue weighted by Gasteiger charge is 2.31. The van der Waals surface area contributed by atoms with Gasteiger partial charge in [-0.15, -0.1) is 0 Å². The molecule has 2 rings (SSSR count). The van der Waals surface area contributed by atoms with Gasteiger partial charge in [-0.1, -0.05) is 11.6 Å². The van der Waals surface area contributed by atoms with Crippen molar-refractivity contribution in [3.8, 4) is 0 Å². The number of allylic oxidation sites excluding steroid dienone is 1. The van der Waals surface area contributed by atoms with Gasteiger partial charge < -0.3 is 0 Å². The van der Waals surface area contributed by atoms with Crippen LogP contribution < -0.4 is 0 Å². The molecular weight excluding hydrogens is 138 g/mol. The molecule has 1 amide bonds. The van der Waals surface area contributed by atoms with Gasteiger partial charge in [-0.3, -0.25) is 4.79 Å². The molecule has 0 radical (unpaired) electrons. The molecule has 0 aromatic rings. The maximum absolute atomic E-state index is 11.1. The van der Waals surface area contributed by atoms with Crippen molar-refractivity contribution < 1.29 is 4.79 Å². The van der Waals surface area contributed by atoms with E-state index in [1.54, 1.807) is 0 Å². The first-order valence-electron chi connectivity index (χ1n) is 4.03. The molecule has 2 unspecified atom stereocenters. The second-order valence-electron chi connectivity index (χ2n) is 3.36. The van der Waals surface area contributed by atoms with E-state index in [4.69, 9.17) is 0 Å². The van der Waals surface area contributed by atoms with Gasteiger partial charge in [-0.2, -0.15) is 0 Å². The fourth-order valence-corrected chi connectivity index (χ4v) is 1.76. The highest BCUT2D eigenvalue weighted by atomic mass is 16.1. The van der Waals surface area contributed by atoms with Crippen molar-refractivity contribution in [1.82, 2.24) is 0 Å². The largest absolute Gasteiger partial charge is 0.272 e. The van der Waals surface area contributed by atoms with Crippen LogP contribution >= 0.6 is 0 Å². The van der Waals surface area contributed by atoms with Gasteiger partial charge in [-0.05, 0) is 19.8 Å². The minimum Gasteiger partial charge on any atom is -0.272 e. The Hall–Kier alpha value is -0.920. The third-order valence-electron chi connectivity index (χ3n) is 2.48. The Bertz CT molecular complexity index is 252. The first-order valence-corrected chi connectivity index (χ1v) is 4.03. The molecule has 0 fully saturated rings. The number of aliphatic imine (C=N–C) groups is 1. The average molecular weight is 149 g/mol. The van der Waals surface area contributed by atoms with Crippen LogP contribution in [0.3, 0.4) is 0 Å². The van der Waals surface area contributed by atoms with Crippen molar-refractivity contribution in [2.45, 2.75) is 19.8 Å². The summed E-state index contributed by atoms with van der Waals surface area (Å²) in [5.41, 5.74) is 1.34. The van der Waals surface area contributed by atoms with Gasteiger partial charge in [0.05, 0.1) is 5.92 Å². The first-order chi connectivity index (χ1) is 5.27. The predicted molar refractivity (Wildman–Crippen MR) is 43.5 cm³/mol. The molecule has 1 aliphatic carbocycles. The van der Waals surface area contributed by atoms with Gasteiger partial charge in [0.15, 0.2) is 0 Å². The summed E-state index contributed by atoms with van der Waals surface area (Å²) < 4.78 is 0.